The van der Waals surface area contributed by atoms with Gasteiger partial charge in [-0.1, -0.05) is 13.8 Å². The second-order valence-electron chi connectivity index (χ2n) is 12.2. The highest BCUT2D eigenvalue weighted by atomic mass is 16.5. The third kappa shape index (κ3) is 3.70. The number of ether oxygens (including phenoxy) is 1. The second kappa shape index (κ2) is 8.61. The summed E-state index contributed by atoms with van der Waals surface area (Å²) in [7, 11) is 19.7. The standard InChI is InChI=1S/C26H37B3N2O2/c1-25-10-8-15(14-33-3)12-16(25)4-5-17-18-6-7-20(26(18,2)11-9-19(17)25)21(32)13-31-23(28)22(27)30-24(31)29/h15-20H,4-14H2,1-3H3. The first-order chi connectivity index (χ1) is 15.7. The number of hydrogen-bond acceptors (Lipinski definition) is 3. The molecule has 7 heteroatoms. The van der Waals surface area contributed by atoms with Crippen molar-refractivity contribution in [3.8, 4) is 0 Å². The molecule has 0 spiro atoms. The van der Waals surface area contributed by atoms with E-state index in [1.807, 2.05) is 7.11 Å². The Balaban J connectivity index is 1.32. The van der Waals surface area contributed by atoms with Crippen LogP contribution in [0.15, 0.2) is 0 Å². The van der Waals surface area contributed by atoms with Crippen molar-refractivity contribution >= 4 is 46.2 Å². The number of nitrogens with zero attached hydrogens (tertiary/aromatic N) is 2. The first kappa shape index (κ1) is 23.8. The number of carbonyl (C=O) groups excluding carboxylic acids is 1. The molecule has 4 nitrogen and oxygen atoms in total. The number of methoxy groups -OCH3 is 1. The maximum Gasteiger partial charge on any atom is 0.167 e. The third-order valence-electron chi connectivity index (χ3n) is 10.9. The molecule has 8 atom stereocenters. The minimum Gasteiger partial charge on any atom is -0.384 e. The van der Waals surface area contributed by atoms with E-state index in [0.29, 0.717) is 16.9 Å². The zero-order chi connectivity index (χ0) is 23.5. The summed E-state index contributed by atoms with van der Waals surface area (Å²) in [5, 5.41) is 0. The maximum atomic E-state index is 13.5. The van der Waals surface area contributed by atoms with Gasteiger partial charge in [0.25, 0.3) is 0 Å². The van der Waals surface area contributed by atoms with Gasteiger partial charge < -0.3 is 9.30 Å². The van der Waals surface area contributed by atoms with Crippen molar-refractivity contribution in [2.75, 3.05) is 13.7 Å². The quantitative estimate of drug-likeness (QED) is 0.654. The highest BCUT2D eigenvalue weighted by Gasteiger charge is 2.61. The molecular formula is C26H37B3N2O2. The summed E-state index contributed by atoms with van der Waals surface area (Å²) < 4.78 is 7.09. The number of fused-ring (bicyclic) bond motifs is 5. The Morgan fingerprint density at radius 1 is 1.03 bits per heavy atom. The predicted molar refractivity (Wildman–Crippen MR) is 134 cm³/mol. The van der Waals surface area contributed by atoms with Gasteiger partial charge in [0.05, 0.1) is 6.54 Å². The van der Waals surface area contributed by atoms with Crippen molar-refractivity contribution in [3.05, 3.63) is 0 Å². The molecule has 0 saturated heterocycles. The monoisotopic (exact) mass is 442 g/mol. The molecule has 0 aromatic carbocycles. The Morgan fingerprint density at radius 3 is 2.45 bits per heavy atom. The van der Waals surface area contributed by atoms with Crippen LogP contribution in [0.3, 0.4) is 0 Å². The Hall–Kier alpha value is -0.965. The Bertz CT molecular complexity index is 920. The smallest absolute Gasteiger partial charge is 0.167 e. The summed E-state index contributed by atoms with van der Waals surface area (Å²) in [4.78, 5) is 17.6. The molecule has 0 aliphatic heterocycles. The normalized spacial score (nSPS) is 42.4. The molecule has 0 bridgehead atoms. The summed E-state index contributed by atoms with van der Waals surface area (Å²) in [6, 6.07) is 0. The van der Waals surface area contributed by atoms with Crippen LogP contribution in [-0.4, -0.2) is 52.6 Å². The van der Waals surface area contributed by atoms with E-state index in [2.05, 4.69) is 18.8 Å². The van der Waals surface area contributed by atoms with E-state index in [-0.39, 0.29) is 35.0 Å². The molecule has 1 aromatic heterocycles. The topological polar surface area (TPSA) is 44.1 Å². The summed E-state index contributed by atoms with van der Waals surface area (Å²) in [5.41, 5.74) is 1.30. The zero-order valence-electron chi connectivity index (χ0n) is 20.7. The van der Waals surface area contributed by atoms with Gasteiger partial charge in [0.2, 0.25) is 0 Å². The molecule has 4 fully saturated rings. The van der Waals surface area contributed by atoms with E-state index in [4.69, 9.17) is 28.3 Å². The summed E-state index contributed by atoms with van der Waals surface area (Å²) in [5.74, 6) is 4.13. The number of rotatable bonds is 5. The second-order valence-corrected chi connectivity index (χ2v) is 12.2. The van der Waals surface area contributed by atoms with E-state index in [1.54, 1.807) is 4.57 Å². The SMILES string of the molecule is [B]c1nc([B])n(CC(=O)C2CCC3C4CCC5CC(COC)CCC5(C)C4CCC23C)c1[B]. The van der Waals surface area contributed by atoms with Gasteiger partial charge in [-0.2, -0.15) is 0 Å². The fourth-order valence-electron chi connectivity index (χ4n) is 9.20. The average Bonchev–Trinajstić information content (AvgIpc) is 3.25. The molecule has 5 rings (SSSR count). The Labute approximate surface area is 203 Å². The van der Waals surface area contributed by atoms with Crippen molar-refractivity contribution in [1.82, 2.24) is 9.55 Å². The molecule has 4 aliphatic rings. The summed E-state index contributed by atoms with van der Waals surface area (Å²) in [6.45, 7) is 6.11. The van der Waals surface area contributed by atoms with Crippen molar-refractivity contribution < 1.29 is 9.53 Å². The molecule has 0 amide bonds. The molecular weight excluding hydrogens is 405 g/mol. The average molecular weight is 442 g/mol. The number of Topliss-reactive ketones (excluding diaryl/α,β-unsaturated/α-hetero) is 1. The van der Waals surface area contributed by atoms with Gasteiger partial charge in [0.15, 0.2) is 13.6 Å². The van der Waals surface area contributed by atoms with Crippen molar-refractivity contribution in [3.63, 3.8) is 0 Å². The predicted octanol–water partition coefficient (Wildman–Crippen LogP) is 1.76. The van der Waals surface area contributed by atoms with Crippen LogP contribution in [-0.2, 0) is 16.1 Å². The van der Waals surface area contributed by atoms with E-state index in [9.17, 15) is 4.79 Å². The van der Waals surface area contributed by atoms with Crippen LogP contribution in [0.25, 0.3) is 0 Å². The lowest BCUT2D eigenvalue weighted by molar-refractivity contribution is -0.138. The van der Waals surface area contributed by atoms with Crippen molar-refractivity contribution in [2.45, 2.75) is 78.2 Å². The zero-order valence-corrected chi connectivity index (χ0v) is 20.7. The minimum absolute atomic E-state index is 0.0776. The lowest BCUT2D eigenvalue weighted by Gasteiger charge is -2.61. The highest BCUT2D eigenvalue weighted by molar-refractivity contribution is 6.48. The molecule has 6 radical (unpaired) electrons. The first-order valence-corrected chi connectivity index (χ1v) is 13.1. The van der Waals surface area contributed by atoms with E-state index < -0.39 is 0 Å². The van der Waals surface area contributed by atoms with Crippen molar-refractivity contribution in [2.24, 2.45) is 46.3 Å². The molecule has 0 N–H and O–H groups in total. The van der Waals surface area contributed by atoms with Crippen LogP contribution in [0.1, 0.15) is 71.6 Å². The maximum absolute atomic E-state index is 13.5. The number of imidazole rings is 1. The molecule has 33 heavy (non-hydrogen) atoms. The highest BCUT2D eigenvalue weighted by Crippen LogP contribution is 2.67. The number of hydrogen-bond donors (Lipinski definition) is 0. The summed E-state index contributed by atoms with van der Waals surface area (Å²) in [6.07, 6.45) is 11.3. The number of carbonyl (C=O) groups is 1. The van der Waals surface area contributed by atoms with Crippen LogP contribution >= 0.6 is 0 Å². The van der Waals surface area contributed by atoms with Crippen LogP contribution < -0.4 is 16.9 Å². The molecule has 4 saturated carbocycles. The first-order valence-electron chi connectivity index (χ1n) is 13.1. The minimum atomic E-state index is 0.0776. The van der Waals surface area contributed by atoms with Crippen LogP contribution in [0.4, 0.5) is 0 Å². The van der Waals surface area contributed by atoms with Gasteiger partial charge in [-0.15, -0.1) is 0 Å². The van der Waals surface area contributed by atoms with Gasteiger partial charge in [0, 0.05) is 25.4 Å². The molecule has 8 unspecified atom stereocenters. The fourth-order valence-corrected chi connectivity index (χ4v) is 9.20. The van der Waals surface area contributed by atoms with E-state index in [1.165, 1.54) is 44.9 Å². The van der Waals surface area contributed by atoms with Gasteiger partial charge in [-0.3, -0.25) is 9.78 Å². The Kier molecular flexibility index (Phi) is 6.20. The Morgan fingerprint density at radius 2 is 1.76 bits per heavy atom. The lowest BCUT2D eigenvalue weighted by atomic mass is 9.44. The number of aromatic nitrogens is 2. The largest absolute Gasteiger partial charge is 0.384 e. The fraction of sp³-hybridized carbons (Fsp3) is 0.846. The molecule has 172 valence electrons. The van der Waals surface area contributed by atoms with E-state index in [0.717, 1.165) is 43.1 Å². The van der Waals surface area contributed by atoms with Crippen LogP contribution in [0, 0.1) is 46.3 Å². The van der Waals surface area contributed by atoms with Gasteiger partial charge >= 0.3 is 0 Å². The van der Waals surface area contributed by atoms with Gasteiger partial charge in [0.1, 0.15) is 15.7 Å². The lowest BCUT2D eigenvalue weighted by Crippen LogP contribution is -2.54. The van der Waals surface area contributed by atoms with Crippen molar-refractivity contribution in [1.29, 1.82) is 0 Å². The van der Waals surface area contributed by atoms with E-state index >= 15 is 0 Å². The molecule has 1 aromatic rings. The number of ketones is 1. The van der Waals surface area contributed by atoms with Gasteiger partial charge in [-0.25, -0.2) is 0 Å². The third-order valence-corrected chi connectivity index (χ3v) is 10.9. The molecule has 4 aliphatic carbocycles. The van der Waals surface area contributed by atoms with Gasteiger partial charge in [-0.05, 0) is 109 Å². The van der Waals surface area contributed by atoms with Crippen LogP contribution in [0.2, 0.25) is 0 Å². The molecule has 1 heterocycles. The van der Waals surface area contributed by atoms with Crippen LogP contribution in [0.5, 0.6) is 0 Å². The summed E-state index contributed by atoms with van der Waals surface area (Å²) >= 11 is 0.